The van der Waals surface area contributed by atoms with Crippen LogP contribution in [0, 0.1) is 18.6 Å². The van der Waals surface area contributed by atoms with Gasteiger partial charge in [-0.3, -0.25) is 0 Å². The van der Waals surface area contributed by atoms with Crippen molar-refractivity contribution in [1.29, 1.82) is 0 Å². The lowest BCUT2D eigenvalue weighted by Gasteiger charge is -2.09. The molecule has 0 aromatic heterocycles. The van der Waals surface area contributed by atoms with Gasteiger partial charge in [0.05, 0.1) is 5.56 Å². The number of hydrogen-bond acceptors (Lipinski definition) is 1. The number of anilines is 1. The Morgan fingerprint density at radius 2 is 1.94 bits per heavy atom. The molecule has 92 valence electrons. The van der Waals surface area contributed by atoms with E-state index in [9.17, 15) is 8.78 Å². The molecule has 1 heterocycles. The van der Waals surface area contributed by atoms with Crippen LogP contribution >= 0.6 is 0 Å². The van der Waals surface area contributed by atoms with Crippen molar-refractivity contribution in [1.82, 2.24) is 0 Å². The van der Waals surface area contributed by atoms with Crippen molar-refractivity contribution < 1.29 is 8.78 Å². The molecule has 0 saturated carbocycles. The minimum absolute atomic E-state index is 0.0616. The highest BCUT2D eigenvalue weighted by atomic mass is 19.1. The Labute approximate surface area is 104 Å². The van der Waals surface area contributed by atoms with Gasteiger partial charge in [0.2, 0.25) is 0 Å². The third kappa shape index (κ3) is 1.67. The van der Waals surface area contributed by atoms with Crippen LogP contribution in [0.3, 0.4) is 0 Å². The van der Waals surface area contributed by atoms with E-state index in [1.165, 1.54) is 17.7 Å². The monoisotopic (exact) mass is 245 g/mol. The van der Waals surface area contributed by atoms with E-state index in [1.54, 1.807) is 13.0 Å². The molecule has 1 aliphatic heterocycles. The lowest BCUT2D eigenvalue weighted by Crippen LogP contribution is -1.95. The molecule has 0 spiro atoms. The largest absolute Gasteiger partial charge is 0.384 e. The Morgan fingerprint density at radius 1 is 1.11 bits per heavy atom. The van der Waals surface area contributed by atoms with Crippen LogP contribution in [0.15, 0.2) is 30.3 Å². The smallest absolute Gasteiger partial charge is 0.136 e. The zero-order valence-corrected chi connectivity index (χ0v) is 10.1. The van der Waals surface area contributed by atoms with Crippen LogP contribution in [0.1, 0.15) is 11.1 Å². The van der Waals surface area contributed by atoms with Gasteiger partial charge < -0.3 is 5.32 Å². The highest BCUT2D eigenvalue weighted by molar-refractivity contribution is 5.72. The Kier molecular flexibility index (Phi) is 2.54. The van der Waals surface area contributed by atoms with Crippen LogP contribution in [0.4, 0.5) is 14.5 Å². The number of aryl methyl sites for hydroxylation is 1. The molecule has 0 radical (unpaired) electrons. The predicted octanol–water partition coefficient (Wildman–Crippen LogP) is 3.91. The Bertz CT molecular complexity index is 620. The summed E-state index contributed by atoms with van der Waals surface area (Å²) in [6.45, 7) is 2.53. The number of fused-ring (bicyclic) bond motifs is 1. The van der Waals surface area contributed by atoms with Gasteiger partial charge in [-0.25, -0.2) is 8.78 Å². The topological polar surface area (TPSA) is 12.0 Å². The van der Waals surface area contributed by atoms with Crippen LogP contribution in [0.25, 0.3) is 11.1 Å². The normalized spacial score (nSPS) is 13.3. The zero-order chi connectivity index (χ0) is 12.7. The lowest BCUT2D eigenvalue weighted by molar-refractivity contribution is 0.584. The first-order valence-corrected chi connectivity index (χ1v) is 5.98. The second kappa shape index (κ2) is 4.09. The van der Waals surface area contributed by atoms with Crippen molar-refractivity contribution in [3.63, 3.8) is 0 Å². The maximum absolute atomic E-state index is 14.0. The summed E-state index contributed by atoms with van der Waals surface area (Å²) in [5.41, 5.74) is 3.29. The molecule has 3 heteroatoms. The summed E-state index contributed by atoms with van der Waals surface area (Å²) in [4.78, 5) is 0. The first-order valence-electron chi connectivity index (χ1n) is 5.98. The standard InChI is InChI=1S/C15H13F2N/c1-9-2-5-12(16)14(15(9)17)11-4-3-10-6-7-18-13(10)8-11/h2-5,8,18H,6-7H2,1H3. The molecular weight excluding hydrogens is 232 g/mol. The van der Waals surface area contributed by atoms with E-state index < -0.39 is 11.6 Å². The Balaban J connectivity index is 2.18. The molecule has 0 aliphatic carbocycles. The fourth-order valence-corrected chi connectivity index (χ4v) is 2.37. The molecule has 0 amide bonds. The zero-order valence-electron chi connectivity index (χ0n) is 10.1. The summed E-state index contributed by atoms with van der Waals surface area (Å²) in [5.74, 6) is -0.996. The van der Waals surface area contributed by atoms with E-state index >= 15 is 0 Å². The molecule has 1 N–H and O–H groups in total. The summed E-state index contributed by atoms with van der Waals surface area (Å²) in [7, 11) is 0. The SMILES string of the molecule is Cc1ccc(F)c(-c2ccc3c(c2)NCC3)c1F. The van der Waals surface area contributed by atoms with E-state index in [0.717, 1.165) is 18.7 Å². The predicted molar refractivity (Wildman–Crippen MR) is 68.7 cm³/mol. The molecule has 0 fully saturated rings. The summed E-state index contributed by atoms with van der Waals surface area (Å²) >= 11 is 0. The molecule has 1 aliphatic rings. The van der Waals surface area contributed by atoms with Crippen molar-refractivity contribution >= 4 is 5.69 Å². The number of halogens is 2. The molecule has 0 bridgehead atoms. The third-order valence-corrected chi connectivity index (χ3v) is 3.39. The molecule has 18 heavy (non-hydrogen) atoms. The van der Waals surface area contributed by atoms with E-state index in [2.05, 4.69) is 5.32 Å². The average molecular weight is 245 g/mol. The van der Waals surface area contributed by atoms with Crippen LogP contribution < -0.4 is 5.32 Å². The van der Waals surface area contributed by atoms with Crippen molar-refractivity contribution in [2.75, 3.05) is 11.9 Å². The Hall–Kier alpha value is -1.90. The highest BCUT2D eigenvalue weighted by Crippen LogP contribution is 2.32. The quantitative estimate of drug-likeness (QED) is 0.803. The number of benzene rings is 2. The molecular formula is C15H13F2N. The lowest BCUT2D eigenvalue weighted by atomic mass is 9.99. The Morgan fingerprint density at radius 3 is 2.78 bits per heavy atom. The minimum atomic E-state index is -0.518. The van der Waals surface area contributed by atoms with Crippen LogP contribution in [0.5, 0.6) is 0 Å². The van der Waals surface area contributed by atoms with Gasteiger partial charge in [-0.05, 0) is 42.2 Å². The fraction of sp³-hybridized carbons (Fsp3) is 0.200. The summed E-state index contributed by atoms with van der Waals surface area (Å²) in [6.07, 6.45) is 0.967. The van der Waals surface area contributed by atoms with Gasteiger partial charge in [-0.15, -0.1) is 0 Å². The summed E-state index contributed by atoms with van der Waals surface area (Å²) in [5, 5.41) is 3.22. The first kappa shape index (κ1) is 11.2. The summed E-state index contributed by atoms with van der Waals surface area (Å²) < 4.78 is 27.8. The van der Waals surface area contributed by atoms with Gasteiger partial charge in [-0.1, -0.05) is 18.2 Å². The number of rotatable bonds is 1. The van der Waals surface area contributed by atoms with Gasteiger partial charge in [-0.2, -0.15) is 0 Å². The van der Waals surface area contributed by atoms with Gasteiger partial charge in [0, 0.05) is 12.2 Å². The van der Waals surface area contributed by atoms with Crippen LogP contribution in [-0.4, -0.2) is 6.54 Å². The van der Waals surface area contributed by atoms with Crippen molar-refractivity contribution in [2.45, 2.75) is 13.3 Å². The van der Waals surface area contributed by atoms with Crippen molar-refractivity contribution in [2.24, 2.45) is 0 Å². The maximum Gasteiger partial charge on any atom is 0.136 e. The van der Waals surface area contributed by atoms with Gasteiger partial charge in [0.15, 0.2) is 0 Å². The molecule has 0 unspecified atom stereocenters. The highest BCUT2D eigenvalue weighted by Gasteiger charge is 2.16. The van der Waals surface area contributed by atoms with Gasteiger partial charge >= 0.3 is 0 Å². The van der Waals surface area contributed by atoms with E-state index in [-0.39, 0.29) is 5.56 Å². The van der Waals surface area contributed by atoms with Crippen LogP contribution in [0.2, 0.25) is 0 Å². The van der Waals surface area contributed by atoms with Gasteiger partial charge in [0.25, 0.3) is 0 Å². The van der Waals surface area contributed by atoms with Gasteiger partial charge in [0.1, 0.15) is 11.6 Å². The molecule has 0 atom stereocenters. The second-order valence-corrected chi connectivity index (χ2v) is 4.60. The molecule has 1 nitrogen and oxygen atoms in total. The summed E-state index contributed by atoms with van der Waals surface area (Å²) in [6, 6.07) is 8.32. The third-order valence-electron chi connectivity index (χ3n) is 3.39. The molecule has 2 aromatic rings. The minimum Gasteiger partial charge on any atom is -0.384 e. The fourth-order valence-electron chi connectivity index (χ4n) is 2.37. The van der Waals surface area contributed by atoms with E-state index in [0.29, 0.717) is 11.1 Å². The second-order valence-electron chi connectivity index (χ2n) is 4.60. The van der Waals surface area contributed by atoms with Crippen LogP contribution in [-0.2, 0) is 6.42 Å². The van der Waals surface area contributed by atoms with Crippen molar-refractivity contribution in [3.05, 3.63) is 53.1 Å². The number of hydrogen-bond donors (Lipinski definition) is 1. The van der Waals surface area contributed by atoms with E-state index in [4.69, 9.17) is 0 Å². The molecule has 2 aromatic carbocycles. The number of nitrogens with one attached hydrogen (secondary N) is 1. The van der Waals surface area contributed by atoms with E-state index in [1.807, 2.05) is 12.1 Å². The average Bonchev–Trinajstić information content (AvgIpc) is 2.82. The molecule has 0 saturated heterocycles. The first-order chi connectivity index (χ1) is 8.66. The molecule has 3 rings (SSSR count). The maximum atomic E-state index is 14.0. The van der Waals surface area contributed by atoms with Crippen molar-refractivity contribution in [3.8, 4) is 11.1 Å².